The number of esters is 1. The Morgan fingerprint density at radius 3 is 2.85 bits per heavy atom. The molecule has 3 nitrogen and oxygen atoms in total. The molecule has 0 aromatic heterocycles. The van der Waals surface area contributed by atoms with Gasteiger partial charge in [-0.3, -0.25) is 4.79 Å². The quantitative estimate of drug-likeness (QED) is 0.799. The van der Waals surface area contributed by atoms with Gasteiger partial charge in [0, 0.05) is 16.9 Å². The van der Waals surface area contributed by atoms with Crippen molar-refractivity contribution in [2.75, 3.05) is 13.2 Å². The molecule has 0 radical (unpaired) electrons. The third-order valence-corrected chi connectivity index (χ3v) is 4.27. The first-order chi connectivity index (χ1) is 9.57. The van der Waals surface area contributed by atoms with E-state index in [9.17, 15) is 13.6 Å². The van der Waals surface area contributed by atoms with Crippen LogP contribution in [0.25, 0.3) is 0 Å². The number of halogens is 2. The summed E-state index contributed by atoms with van der Waals surface area (Å²) in [5.74, 6) is -2.39. The second-order valence-electron chi connectivity index (χ2n) is 5.49. The third-order valence-electron chi connectivity index (χ3n) is 4.27. The molecule has 1 spiro atoms. The molecular weight excluding hydrogens is 266 g/mol. The Morgan fingerprint density at radius 1 is 1.45 bits per heavy atom. The number of benzene rings is 1. The van der Waals surface area contributed by atoms with Crippen LogP contribution in [0.3, 0.4) is 0 Å². The van der Waals surface area contributed by atoms with E-state index in [2.05, 4.69) is 0 Å². The summed E-state index contributed by atoms with van der Waals surface area (Å²) in [4.78, 5) is 11.8. The van der Waals surface area contributed by atoms with Crippen molar-refractivity contribution in [2.45, 2.75) is 32.1 Å². The van der Waals surface area contributed by atoms with Gasteiger partial charge in [0.2, 0.25) is 5.82 Å². The van der Waals surface area contributed by atoms with E-state index in [-0.39, 0.29) is 29.5 Å². The van der Waals surface area contributed by atoms with Crippen LogP contribution < -0.4 is 4.74 Å². The maximum absolute atomic E-state index is 13.8. The number of carbonyl (C=O) groups is 1. The monoisotopic (exact) mass is 282 g/mol. The molecule has 1 heterocycles. The Balaban J connectivity index is 1.95. The molecule has 1 aromatic carbocycles. The number of fused-ring (bicyclic) bond motifs is 1. The van der Waals surface area contributed by atoms with Gasteiger partial charge in [0.25, 0.3) is 0 Å². The summed E-state index contributed by atoms with van der Waals surface area (Å²) in [5.41, 5.74) is 0.477. The van der Waals surface area contributed by atoms with Gasteiger partial charge in [-0.2, -0.15) is 4.39 Å². The smallest absolute Gasteiger partial charge is 0.306 e. The predicted molar refractivity (Wildman–Crippen MR) is 67.5 cm³/mol. The molecule has 0 amide bonds. The summed E-state index contributed by atoms with van der Waals surface area (Å²) in [6.07, 6.45) is 2.07. The normalized spacial score (nSPS) is 22.1. The Morgan fingerprint density at radius 2 is 2.20 bits per heavy atom. The van der Waals surface area contributed by atoms with Gasteiger partial charge in [0.15, 0.2) is 11.6 Å². The van der Waals surface area contributed by atoms with Crippen LogP contribution in [0.2, 0.25) is 0 Å². The molecule has 20 heavy (non-hydrogen) atoms. The molecule has 1 aliphatic heterocycles. The minimum atomic E-state index is -0.966. The van der Waals surface area contributed by atoms with Crippen LogP contribution in [0.1, 0.15) is 37.7 Å². The van der Waals surface area contributed by atoms with E-state index in [1.165, 1.54) is 6.07 Å². The van der Waals surface area contributed by atoms with Crippen molar-refractivity contribution in [1.29, 1.82) is 0 Å². The van der Waals surface area contributed by atoms with E-state index >= 15 is 0 Å². The van der Waals surface area contributed by atoms with Gasteiger partial charge in [-0.05, 0) is 25.8 Å². The first-order valence-electron chi connectivity index (χ1n) is 6.84. The lowest BCUT2D eigenvalue weighted by atomic mass is 9.79. The molecule has 5 heteroatoms. The number of hydrogen-bond acceptors (Lipinski definition) is 3. The lowest BCUT2D eigenvalue weighted by Crippen LogP contribution is -2.30. The van der Waals surface area contributed by atoms with Crippen molar-refractivity contribution >= 4 is 5.97 Å². The lowest BCUT2D eigenvalue weighted by molar-refractivity contribution is -0.144. The molecule has 1 unspecified atom stereocenters. The second-order valence-corrected chi connectivity index (χ2v) is 5.49. The Labute approximate surface area is 115 Å². The minimum absolute atomic E-state index is 0.0446. The molecule has 0 N–H and O–H groups in total. The highest BCUT2D eigenvalue weighted by Crippen LogP contribution is 2.61. The first-order valence-corrected chi connectivity index (χ1v) is 6.84. The highest BCUT2D eigenvalue weighted by molar-refractivity contribution is 5.71. The van der Waals surface area contributed by atoms with Gasteiger partial charge in [-0.1, -0.05) is 6.07 Å². The van der Waals surface area contributed by atoms with Crippen molar-refractivity contribution < 1.29 is 23.0 Å². The van der Waals surface area contributed by atoms with Gasteiger partial charge in [0.05, 0.1) is 19.6 Å². The fourth-order valence-corrected chi connectivity index (χ4v) is 2.98. The summed E-state index contributed by atoms with van der Waals surface area (Å²) in [5, 5.41) is 0. The van der Waals surface area contributed by atoms with E-state index in [0.717, 1.165) is 18.9 Å². The molecule has 3 rings (SSSR count). The fraction of sp³-hybridized carbons (Fsp3) is 0.533. The molecule has 1 fully saturated rings. The predicted octanol–water partition coefficient (Wildman–Crippen LogP) is 3.17. The largest absolute Gasteiger partial charge is 0.489 e. The topological polar surface area (TPSA) is 35.5 Å². The molecule has 1 aromatic rings. The van der Waals surface area contributed by atoms with Crippen molar-refractivity contribution in [2.24, 2.45) is 5.41 Å². The number of ether oxygens (including phenoxy) is 2. The van der Waals surface area contributed by atoms with Crippen LogP contribution in [0, 0.1) is 17.0 Å². The van der Waals surface area contributed by atoms with E-state index in [1.54, 1.807) is 6.92 Å². The van der Waals surface area contributed by atoms with Crippen LogP contribution in [-0.2, 0) is 9.53 Å². The van der Waals surface area contributed by atoms with Crippen LogP contribution >= 0.6 is 0 Å². The molecule has 108 valence electrons. The highest BCUT2D eigenvalue weighted by Gasteiger charge is 2.54. The summed E-state index contributed by atoms with van der Waals surface area (Å²) in [7, 11) is 0. The van der Waals surface area contributed by atoms with E-state index in [0.29, 0.717) is 18.8 Å². The van der Waals surface area contributed by atoms with Crippen molar-refractivity contribution in [1.82, 2.24) is 0 Å². The Bertz CT molecular complexity index is 552. The van der Waals surface area contributed by atoms with Crippen LogP contribution in [0.5, 0.6) is 5.75 Å². The van der Waals surface area contributed by atoms with Crippen molar-refractivity contribution in [3.8, 4) is 5.75 Å². The third kappa shape index (κ3) is 2.05. The van der Waals surface area contributed by atoms with Crippen molar-refractivity contribution in [3.63, 3.8) is 0 Å². The van der Waals surface area contributed by atoms with E-state index < -0.39 is 11.6 Å². The van der Waals surface area contributed by atoms with Gasteiger partial charge < -0.3 is 9.47 Å². The molecule has 2 aliphatic rings. The number of hydrogen-bond donors (Lipinski definition) is 0. The van der Waals surface area contributed by atoms with Crippen LogP contribution in [0.15, 0.2) is 12.1 Å². The summed E-state index contributed by atoms with van der Waals surface area (Å²) < 4.78 is 37.5. The van der Waals surface area contributed by atoms with Gasteiger partial charge >= 0.3 is 5.97 Å². The van der Waals surface area contributed by atoms with E-state index in [4.69, 9.17) is 9.47 Å². The first kappa shape index (κ1) is 13.3. The zero-order valence-electron chi connectivity index (χ0n) is 11.2. The Hall–Kier alpha value is -1.65. The van der Waals surface area contributed by atoms with Gasteiger partial charge in [-0.25, -0.2) is 4.39 Å². The number of carbonyl (C=O) groups excluding carboxylic acids is 1. The van der Waals surface area contributed by atoms with Crippen molar-refractivity contribution in [3.05, 3.63) is 29.3 Å². The zero-order valence-corrected chi connectivity index (χ0v) is 11.2. The van der Waals surface area contributed by atoms with Crippen LogP contribution in [-0.4, -0.2) is 19.2 Å². The molecule has 0 saturated heterocycles. The molecular formula is C15H16F2O3. The zero-order chi connectivity index (χ0) is 14.3. The van der Waals surface area contributed by atoms with Gasteiger partial charge in [0.1, 0.15) is 0 Å². The fourth-order valence-electron chi connectivity index (χ4n) is 2.98. The molecule has 1 aliphatic carbocycles. The second kappa shape index (κ2) is 4.72. The summed E-state index contributed by atoms with van der Waals surface area (Å²) in [6.45, 7) is 2.40. The average Bonchev–Trinajstić information content (AvgIpc) is 3.18. The number of rotatable bonds is 3. The van der Waals surface area contributed by atoms with E-state index in [1.807, 2.05) is 0 Å². The standard InChI is InChI=1S/C15H16F2O3/c1-2-19-12(18)7-10-9-3-4-11(16)13(17)14(9)20-8-15(10)5-6-15/h3-4,10H,2,5-8H2,1H3. The molecule has 1 atom stereocenters. The minimum Gasteiger partial charge on any atom is -0.489 e. The van der Waals surface area contributed by atoms with Gasteiger partial charge in [-0.15, -0.1) is 0 Å². The van der Waals surface area contributed by atoms with Crippen LogP contribution in [0.4, 0.5) is 8.78 Å². The summed E-state index contributed by atoms with van der Waals surface area (Å²) >= 11 is 0. The Kier molecular flexibility index (Phi) is 3.15. The highest BCUT2D eigenvalue weighted by atomic mass is 19.2. The molecule has 1 saturated carbocycles. The lowest BCUT2D eigenvalue weighted by Gasteiger charge is -2.33. The maximum atomic E-state index is 13.8. The SMILES string of the molecule is CCOC(=O)CC1c2ccc(F)c(F)c2OCC12CC2. The molecule has 0 bridgehead atoms. The average molecular weight is 282 g/mol. The summed E-state index contributed by atoms with van der Waals surface area (Å²) in [6, 6.07) is 2.62. The maximum Gasteiger partial charge on any atom is 0.306 e.